The number of anilines is 1. The Labute approximate surface area is 164 Å². The van der Waals surface area contributed by atoms with Crippen molar-refractivity contribution in [2.24, 2.45) is 0 Å². The summed E-state index contributed by atoms with van der Waals surface area (Å²) in [4.78, 5) is 16.8. The van der Waals surface area contributed by atoms with E-state index in [1.807, 2.05) is 59.5 Å². The molecule has 1 aromatic heterocycles. The molecule has 7 nitrogen and oxygen atoms in total. The fraction of sp³-hybridized carbons (Fsp3) is 0.222. The average Bonchev–Trinajstić information content (AvgIpc) is 3.18. The summed E-state index contributed by atoms with van der Waals surface area (Å²) >= 11 is 2.21. The van der Waals surface area contributed by atoms with E-state index in [-0.39, 0.29) is 5.91 Å². The minimum absolute atomic E-state index is 0.0808. The van der Waals surface area contributed by atoms with Crippen molar-refractivity contribution in [1.82, 2.24) is 25.1 Å². The second-order valence-corrected chi connectivity index (χ2v) is 7.15. The van der Waals surface area contributed by atoms with Gasteiger partial charge in [0.05, 0.1) is 11.3 Å². The zero-order chi connectivity index (χ0) is 17.9. The van der Waals surface area contributed by atoms with Crippen molar-refractivity contribution in [3.05, 3.63) is 63.7 Å². The van der Waals surface area contributed by atoms with E-state index in [2.05, 4.69) is 43.0 Å². The molecular weight excluding hydrogens is 443 g/mol. The SMILES string of the molecule is O=C(c1ccccc1I)N1CCN(c2nnnn2-c2ccccc2)CC1. The third-order valence-corrected chi connectivity index (χ3v) is 5.35. The van der Waals surface area contributed by atoms with Gasteiger partial charge in [-0.15, -0.1) is 0 Å². The maximum atomic E-state index is 12.8. The molecule has 132 valence electrons. The highest BCUT2D eigenvalue weighted by Crippen LogP contribution is 2.19. The van der Waals surface area contributed by atoms with Crippen molar-refractivity contribution in [2.75, 3.05) is 31.1 Å². The fourth-order valence-electron chi connectivity index (χ4n) is 3.03. The normalized spacial score (nSPS) is 14.5. The van der Waals surface area contributed by atoms with Crippen molar-refractivity contribution < 1.29 is 4.79 Å². The van der Waals surface area contributed by atoms with Crippen molar-refractivity contribution in [1.29, 1.82) is 0 Å². The van der Waals surface area contributed by atoms with Gasteiger partial charge < -0.3 is 9.80 Å². The van der Waals surface area contributed by atoms with Crippen LogP contribution in [0.15, 0.2) is 54.6 Å². The predicted molar refractivity (Wildman–Crippen MR) is 106 cm³/mol. The third kappa shape index (κ3) is 3.28. The van der Waals surface area contributed by atoms with Crippen molar-refractivity contribution in [2.45, 2.75) is 0 Å². The Morgan fingerprint density at radius 2 is 1.62 bits per heavy atom. The van der Waals surface area contributed by atoms with Crippen LogP contribution >= 0.6 is 22.6 Å². The number of tetrazole rings is 1. The van der Waals surface area contributed by atoms with Crippen molar-refractivity contribution >= 4 is 34.4 Å². The van der Waals surface area contributed by atoms with E-state index in [0.717, 1.165) is 14.8 Å². The van der Waals surface area contributed by atoms with Crippen LogP contribution in [0.3, 0.4) is 0 Å². The lowest BCUT2D eigenvalue weighted by molar-refractivity contribution is 0.0745. The Morgan fingerprint density at radius 1 is 0.923 bits per heavy atom. The molecule has 0 saturated carbocycles. The highest BCUT2D eigenvalue weighted by atomic mass is 127. The number of piperazine rings is 1. The van der Waals surface area contributed by atoms with Crippen molar-refractivity contribution in [3.8, 4) is 5.69 Å². The molecule has 26 heavy (non-hydrogen) atoms. The summed E-state index contributed by atoms with van der Waals surface area (Å²) in [5.41, 5.74) is 1.68. The number of amides is 1. The van der Waals surface area contributed by atoms with E-state index >= 15 is 0 Å². The van der Waals surface area contributed by atoms with Gasteiger partial charge in [-0.05, 0) is 57.3 Å². The van der Waals surface area contributed by atoms with Gasteiger partial charge in [-0.3, -0.25) is 4.79 Å². The molecule has 1 fully saturated rings. The van der Waals surface area contributed by atoms with Crippen molar-refractivity contribution in [3.63, 3.8) is 0 Å². The molecule has 0 N–H and O–H groups in total. The van der Waals surface area contributed by atoms with E-state index in [0.29, 0.717) is 32.1 Å². The molecule has 3 aromatic rings. The molecule has 0 aliphatic carbocycles. The number of aromatic nitrogens is 4. The first-order valence-electron chi connectivity index (χ1n) is 8.36. The first kappa shape index (κ1) is 17.0. The number of benzene rings is 2. The zero-order valence-electron chi connectivity index (χ0n) is 14.0. The summed E-state index contributed by atoms with van der Waals surface area (Å²) in [7, 11) is 0. The fourth-order valence-corrected chi connectivity index (χ4v) is 3.65. The molecule has 2 heterocycles. The first-order valence-corrected chi connectivity index (χ1v) is 9.44. The summed E-state index contributed by atoms with van der Waals surface area (Å²) in [6, 6.07) is 17.5. The van der Waals surface area contributed by atoms with Crippen LogP contribution < -0.4 is 4.90 Å². The van der Waals surface area contributed by atoms with Crippen LogP contribution in [-0.4, -0.2) is 57.2 Å². The van der Waals surface area contributed by atoms with Gasteiger partial charge in [-0.25, -0.2) is 0 Å². The molecule has 1 saturated heterocycles. The van der Waals surface area contributed by atoms with E-state index in [1.165, 1.54) is 0 Å². The lowest BCUT2D eigenvalue weighted by atomic mass is 10.2. The molecule has 1 aliphatic rings. The summed E-state index contributed by atoms with van der Waals surface area (Å²) in [6.07, 6.45) is 0. The van der Waals surface area contributed by atoms with Gasteiger partial charge in [-0.2, -0.15) is 4.68 Å². The van der Waals surface area contributed by atoms with Crippen LogP contribution in [0.1, 0.15) is 10.4 Å². The number of halogens is 1. The molecule has 0 bridgehead atoms. The average molecular weight is 460 g/mol. The second-order valence-electron chi connectivity index (χ2n) is 5.99. The van der Waals surface area contributed by atoms with Gasteiger partial charge in [0.15, 0.2) is 0 Å². The van der Waals surface area contributed by atoms with Gasteiger partial charge in [0.2, 0.25) is 5.95 Å². The van der Waals surface area contributed by atoms with Crippen LogP contribution in [-0.2, 0) is 0 Å². The Kier molecular flexibility index (Phi) is 4.83. The summed E-state index contributed by atoms with van der Waals surface area (Å²) in [6.45, 7) is 2.68. The van der Waals surface area contributed by atoms with Gasteiger partial charge >= 0.3 is 0 Å². The zero-order valence-corrected chi connectivity index (χ0v) is 16.2. The number of para-hydroxylation sites is 1. The topological polar surface area (TPSA) is 67.2 Å². The van der Waals surface area contributed by atoms with E-state index in [9.17, 15) is 4.79 Å². The molecule has 1 amide bonds. The van der Waals surface area contributed by atoms with Gasteiger partial charge in [0.1, 0.15) is 0 Å². The standard InChI is InChI=1S/C18H17IN6O/c19-16-9-5-4-8-15(16)17(26)23-10-12-24(13-11-23)18-20-21-22-25(18)14-6-2-1-3-7-14/h1-9H,10-13H2. The maximum absolute atomic E-state index is 12.8. The second kappa shape index (κ2) is 7.40. The van der Waals surface area contributed by atoms with Gasteiger partial charge in [-0.1, -0.05) is 35.4 Å². The molecule has 4 rings (SSSR count). The highest BCUT2D eigenvalue weighted by Gasteiger charge is 2.26. The smallest absolute Gasteiger partial charge is 0.255 e. The number of nitrogens with zero attached hydrogens (tertiary/aromatic N) is 6. The molecule has 0 unspecified atom stereocenters. The first-order chi connectivity index (χ1) is 12.7. The van der Waals surface area contributed by atoms with E-state index < -0.39 is 0 Å². The minimum Gasteiger partial charge on any atom is -0.336 e. The number of rotatable bonds is 3. The maximum Gasteiger partial charge on any atom is 0.255 e. The monoisotopic (exact) mass is 460 g/mol. The molecule has 2 aromatic carbocycles. The molecule has 0 atom stereocenters. The molecule has 0 spiro atoms. The Morgan fingerprint density at radius 3 is 2.35 bits per heavy atom. The van der Waals surface area contributed by atoms with Gasteiger partial charge in [0.25, 0.3) is 5.91 Å². The molecule has 0 radical (unpaired) electrons. The van der Waals surface area contributed by atoms with Crippen LogP contribution in [0.4, 0.5) is 5.95 Å². The summed E-state index contributed by atoms with van der Waals surface area (Å²) < 4.78 is 2.71. The third-order valence-electron chi connectivity index (χ3n) is 4.41. The van der Waals surface area contributed by atoms with Crippen LogP contribution in [0, 0.1) is 3.57 Å². The molecule has 1 aliphatic heterocycles. The minimum atomic E-state index is 0.0808. The quantitative estimate of drug-likeness (QED) is 0.561. The van der Waals surface area contributed by atoms with Gasteiger partial charge in [0, 0.05) is 29.7 Å². The largest absolute Gasteiger partial charge is 0.336 e. The van der Waals surface area contributed by atoms with Crippen LogP contribution in [0.25, 0.3) is 5.69 Å². The summed E-state index contributed by atoms with van der Waals surface area (Å²) in [5, 5.41) is 12.1. The predicted octanol–water partition coefficient (Wildman–Crippen LogP) is 2.23. The lowest BCUT2D eigenvalue weighted by Gasteiger charge is -2.35. The van der Waals surface area contributed by atoms with Crippen LogP contribution in [0.5, 0.6) is 0 Å². The summed E-state index contributed by atoms with van der Waals surface area (Å²) in [5.74, 6) is 0.787. The lowest BCUT2D eigenvalue weighted by Crippen LogP contribution is -2.49. The Bertz CT molecular complexity index is 905. The number of hydrogen-bond donors (Lipinski definition) is 0. The van der Waals surface area contributed by atoms with E-state index in [1.54, 1.807) is 4.68 Å². The number of carbonyl (C=O) groups is 1. The number of hydrogen-bond acceptors (Lipinski definition) is 5. The Balaban J connectivity index is 1.48. The van der Waals surface area contributed by atoms with E-state index in [4.69, 9.17) is 0 Å². The molecular formula is C18H17IN6O. The number of carbonyl (C=O) groups excluding carboxylic acids is 1. The Hall–Kier alpha value is -2.49. The van der Waals surface area contributed by atoms with Crippen LogP contribution in [0.2, 0.25) is 0 Å². The molecule has 8 heteroatoms. The highest BCUT2D eigenvalue weighted by molar-refractivity contribution is 14.1.